The van der Waals surface area contributed by atoms with E-state index in [2.05, 4.69) is 0 Å². The number of hydrogen-bond donors (Lipinski definition) is 1. The van der Waals surface area contributed by atoms with E-state index in [9.17, 15) is 9.90 Å². The summed E-state index contributed by atoms with van der Waals surface area (Å²) in [5.41, 5.74) is 1.54. The number of rotatable bonds is 8. The molecule has 0 amide bonds. The number of aliphatic hydroxyl groups excluding tert-OH is 1. The standard InChI is InChI=1S/C27H22O5/c1-30-20-9-7-11-22(17-20)32-26-15-5-3-13-24(26)27(29)23-12-2-4-14-25(23)31-21-10-6-8-19(16-21)18-28/h2-17,28H,18H2,1H3. The molecular formula is C27H22O5. The van der Waals surface area contributed by atoms with Gasteiger partial charge in [-0.15, -0.1) is 0 Å². The van der Waals surface area contributed by atoms with Crippen LogP contribution in [-0.2, 0) is 6.61 Å². The zero-order valence-corrected chi connectivity index (χ0v) is 17.5. The molecule has 0 radical (unpaired) electrons. The Balaban J connectivity index is 1.65. The Kier molecular flexibility index (Phi) is 6.49. The van der Waals surface area contributed by atoms with Crippen molar-refractivity contribution >= 4 is 5.78 Å². The molecule has 0 saturated heterocycles. The smallest absolute Gasteiger partial charge is 0.200 e. The van der Waals surface area contributed by atoms with Gasteiger partial charge in [-0.3, -0.25) is 4.79 Å². The van der Waals surface area contributed by atoms with Crippen LogP contribution in [0.1, 0.15) is 21.5 Å². The summed E-state index contributed by atoms with van der Waals surface area (Å²) in [6.45, 7) is -0.0905. The maximum Gasteiger partial charge on any atom is 0.200 e. The Bertz CT molecular complexity index is 1140. The molecule has 0 saturated carbocycles. The number of aliphatic hydroxyl groups is 1. The van der Waals surface area contributed by atoms with Gasteiger partial charge in [0, 0.05) is 6.07 Å². The third-order valence-corrected chi connectivity index (χ3v) is 4.84. The molecular weight excluding hydrogens is 404 g/mol. The highest BCUT2D eigenvalue weighted by atomic mass is 16.5. The Morgan fingerprint density at radius 2 is 1.22 bits per heavy atom. The predicted octanol–water partition coefficient (Wildman–Crippen LogP) is 6.00. The number of methoxy groups -OCH3 is 1. The molecule has 32 heavy (non-hydrogen) atoms. The van der Waals surface area contributed by atoms with Crippen molar-refractivity contribution in [1.29, 1.82) is 0 Å². The van der Waals surface area contributed by atoms with E-state index in [-0.39, 0.29) is 12.4 Å². The number of carbonyl (C=O) groups excluding carboxylic acids is 1. The van der Waals surface area contributed by atoms with Crippen LogP contribution in [0.15, 0.2) is 97.1 Å². The first-order valence-corrected chi connectivity index (χ1v) is 10.1. The first-order chi connectivity index (χ1) is 15.7. The van der Waals surface area contributed by atoms with E-state index < -0.39 is 0 Å². The first kappa shape index (κ1) is 21.2. The molecule has 0 aliphatic carbocycles. The van der Waals surface area contributed by atoms with E-state index in [0.717, 1.165) is 5.56 Å². The van der Waals surface area contributed by atoms with Crippen molar-refractivity contribution in [2.24, 2.45) is 0 Å². The molecule has 0 aliphatic rings. The Morgan fingerprint density at radius 3 is 1.81 bits per heavy atom. The van der Waals surface area contributed by atoms with E-state index in [1.807, 2.05) is 18.2 Å². The molecule has 4 aromatic carbocycles. The van der Waals surface area contributed by atoms with Gasteiger partial charge in [-0.1, -0.05) is 42.5 Å². The van der Waals surface area contributed by atoms with Crippen molar-refractivity contribution in [3.63, 3.8) is 0 Å². The number of ketones is 1. The zero-order valence-electron chi connectivity index (χ0n) is 17.5. The zero-order chi connectivity index (χ0) is 22.3. The summed E-state index contributed by atoms with van der Waals surface area (Å²) in [6, 6.07) is 28.4. The van der Waals surface area contributed by atoms with Crippen molar-refractivity contribution in [2.75, 3.05) is 7.11 Å². The van der Waals surface area contributed by atoms with Crippen molar-refractivity contribution in [2.45, 2.75) is 6.61 Å². The maximum absolute atomic E-state index is 13.5. The molecule has 0 heterocycles. The van der Waals surface area contributed by atoms with Crippen LogP contribution >= 0.6 is 0 Å². The van der Waals surface area contributed by atoms with Gasteiger partial charge in [0.05, 0.1) is 24.8 Å². The first-order valence-electron chi connectivity index (χ1n) is 10.1. The molecule has 0 unspecified atom stereocenters. The maximum atomic E-state index is 13.5. The Labute approximate surface area is 186 Å². The second kappa shape index (κ2) is 9.81. The number of ether oxygens (including phenoxy) is 3. The summed E-state index contributed by atoms with van der Waals surface area (Å²) in [4.78, 5) is 13.5. The molecule has 160 valence electrons. The molecule has 0 spiro atoms. The summed E-state index contributed by atoms with van der Waals surface area (Å²) in [7, 11) is 1.59. The Hall–Kier alpha value is -4.09. The van der Waals surface area contributed by atoms with E-state index >= 15 is 0 Å². The van der Waals surface area contributed by atoms with Crippen molar-refractivity contribution in [3.8, 4) is 28.7 Å². The van der Waals surface area contributed by atoms with Crippen molar-refractivity contribution in [3.05, 3.63) is 114 Å². The molecule has 5 nitrogen and oxygen atoms in total. The highest BCUT2D eigenvalue weighted by Gasteiger charge is 2.19. The minimum Gasteiger partial charge on any atom is -0.497 e. The van der Waals surface area contributed by atoms with Gasteiger partial charge in [0.25, 0.3) is 0 Å². The summed E-state index contributed by atoms with van der Waals surface area (Å²) < 4.78 is 17.3. The van der Waals surface area contributed by atoms with Gasteiger partial charge in [0.2, 0.25) is 5.78 Å². The van der Waals surface area contributed by atoms with Gasteiger partial charge < -0.3 is 19.3 Å². The second-order valence-corrected chi connectivity index (χ2v) is 7.01. The summed E-state index contributed by atoms with van der Waals surface area (Å²) in [6.07, 6.45) is 0. The van der Waals surface area contributed by atoms with E-state index in [4.69, 9.17) is 14.2 Å². The van der Waals surface area contributed by atoms with Crippen LogP contribution in [0.2, 0.25) is 0 Å². The summed E-state index contributed by atoms with van der Waals surface area (Å²) in [5, 5.41) is 9.37. The molecule has 5 heteroatoms. The molecule has 0 fully saturated rings. The average molecular weight is 426 g/mol. The molecule has 0 aliphatic heterocycles. The van der Waals surface area contributed by atoms with Gasteiger partial charge in [0.1, 0.15) is 28.7 Å². The Morgan fingerprint density at radius 1 is 0.688 bits per heavy atom. The molecule has 4 rings (SSSR count). The number of benzene rings is 4. The predicted molar refractivity (Wildman–Crippen MR) is 122 cm³/mol. The lowest BCUT2D eigenvalue weighted by atomic mass is 10.0. The van der Waals surface area contributed by atoms with E-state index in [1.165, 1.54) is 0 Å². The molecule has 4 aromatic rings. The SMILES string of the molecule is COc1cccc(Oc2ccccc2C(=O)c2ccccc2Oc2cccc(CO)c2)c1. The highest BCUT2D eigenvalue weighted by molar-refractivity contribution is 6.12. The summed E-state index contributed by atoms with van der Waals surface area (Å²) >= 11 is 0. The van der Waals surface area contributed by atoms with Crippen LogP contribution in [0, 0.1) is 0 Å². The molecule has 0 aromatic heterocycles. The highest BCUT2D eigenvalue weighted by Crippen LogP contribution is 2.32. The minimum absolute atomic E-state index is 0.0905. The number of para-hydroxylation sites is 2. The lowest BCUT2D eigenvalue weighted by Gasteiger charge is -2.14. The van der Waals surface area contributed by atoms with Gasteiger partial charge in [-0.2, -0.15) is 0 Å². The lowest BCUT2D eigenvalue weighted by molar-refractivity contribution is 0.103. The molecule has 0 atom stereocenters. The molecule has 1 N–H and O–H groups in total. The average Bonchev–Trinajstić information content (AvgIpc) is 2.84. The fraction of sp³-hybridized carbons (Fsp3) is 0.0741. The van der Waals surface area contributed by atoms with E-state index in [1.54, 1.807) is 86.0 Å². The fourth-order valence-corrected chi connectivity index (χ4v) is 3.26. The van der Waals surface area contributed by atoms with Crippen LogP contribution < -0.4 is 14.2 Å². The third kappa shape index (κ3) is 4.79. The third-order valence-electron chi connectivity index (χ3n) is 4.84. The number of carbonyl (C=O) groups is 1. The topological polar surface area (TPSA) is 65.0 Å². The molecule has 0 bridgehead atoms. The van der Waals surface area contributed by atoms with Gasteiger partial charge >= 0.3 is 0 Å². The quantitative estimate of drug-likeness (QED) is 0.350. The van der Waals surface area contributed by atoms with Crippen molar-refractivity contribution in [1.82, 2.24) is 0 Å². The summed E-state index contributed by atoms with van der Waals surface area (Å²) in [5.74, 6) is 2.40. The van der Waals surface area contributed by atoms with Gasteiger partial charge in [-0.05, 0) is 54.1 Å². The van der Waals surface area contributed by atoms with Crippen LogP contribution in [0.4, 0.5) is 0 Å². The normalized spacial score (nSPS) is 10.4. The minimum atomic E-state index is -0.225. The van der Waals surface area contributed by atoms with Crippen LogP contribution in [0.3, 0.4) is 0 Å². The largest absolute Gasteiger partial charge is 0.497 e. The van der Waals surface area contributed by atoms with Crippen molar-refractivity contribution < 1.29 is 24.1 Å². The fourth-order valence-electron chi connectivity index (χ4n) is 3.26. The monoisotopic (exact) mass is 426 g/mol. The van der Waals surface area contributed by atoms with Crippen LogP contribution in [-0.4, -0.2) is 18.0 Å². The van der Waals surface area contributed by atoms with Crippen LogP contribution in [0.25, 0.3) is 0 Å². The van der Waals surface area contributed by atoms with Crippen LogP contribution in [0.5, 0.6) is 28.7 Å². The van der Waals surface area contributed by atoms with Gasteiger partial charge in [0.15, 0.2) is 0 Å². The van der Waals surface area contributed by atoms with Gasteiger partial charge in [-0.25, -0.2) is 0 Å². The lowest BCUT2D eigenvalue weighted by Crippen LogP contribution is -2.05. The van der Waals surface area contributed by atoms with E-state index in [0.29, 0.717) is 39.9 Å². The second-order valence-electron chi connectivity index (χ2n) is 7.01. The number of hydrogen-bond acceptors (Lipinski definition) is 5.